The number of nitrogens with two attached hydrogens (primary N) is 1. The van der Waals surface area contributed by atoms with E-state index in [-0.39, 0.29) is 6.04 Å². The van der Waals surface area contributed by atoms with Gasteiger partial charge >= 0.3 is 0 Å². The summed E-state index contributed by atoms with van der Waals surface area (Å²) in [6.07, 6.45) is 2.62. The van der Waals surface area contributed by atoms with Crippen LogP contribution in [-0.4, -0.2) is 0 Å². The maximum Gasteiger partial charge on any atom is 0.0934 e. The summed E-state index contributed by atoms with van der Waals surface area (Å²) in [5.74, 6) is 0. The molecule has 0 spiro atoms. The van der Waals surface area contributed by atoms with Crippen LogP contribution in [0.4, 0.5) is 0 Å². The molecule has 1 nitrogen and oxygen atoms in total. The van der Waals surface area contributed by atoms with E-state index in [0.29, 0.717) is 0 Å². The molecule has 0 saturated carbocycles. The van der Waals surface area contributed by atoms with E-state index in [0.717, 1.165) is 21.2 Å². The second-order valence-electron chi connectivity index (χ2n) is 3.82. The first-order chi connectivity index (χ1) is 8.22. The largest absolute Gasteiger partial charge is 0.324 e. The fourth-order valence-corrected chi connectivity index (χ4v) is 2.90. The summed E-state index contributed by atoms with van der Waals surface area (Å²) in [7, 11) is 0. The third kappa shape index (κ3) is 2.78. The third-order valence-electron chi connectivity index (χ3n) is 2.62. The zero-order valence-electron chi connectivity index (χ0n) is 9.40. The van der Waals surface area contributed by atoms with Gasteiger partial charge in [-0.3, -0.25) is 0 Å². The Kier molecular flexibility index (Phi) is 4.00. The first-order valence-electron chi connectivity index (χ1n) is 5.43. The minimum Gasteiger partial charge on any atom is -0.324 e. The summed E-state index contributed by atoms with van der Waals surface area (Å²) in [6, 6.07) is 12.1. The molecule has 88 valence electrons. The lowest BCUT2D eigenvalue weighted by Crippen LogP contribution is -2.10. The molecule has 1 aromatic heterocycles. The zero-order valence-corrected chi connectivity index (χ0v) is 11.0. The quantitative estimate of drug-likeness (QED) is 0.799. The predicted molar refractivity (Wildman–Crippen MR) is 76.5 cm³/mol. The van der Waals surface area contributed by atoms with Gasteiger partial charge in [-0.2, -0.15) is 0 Å². The lowest BCUT2D eigenvalue weighted by molar-refractivity contribution is 0.744. The van der Waals surface area contributed by atoms with E-state index in [1.807, 2.05) is 30.3 Å². The second-order valence-corrected chi connectivity index (χ2v) is 5.54. The Hall–Kier alpha value is -1.09. The molecule has 0 saturated heterocycles. The molecule has 0 fully saturated rings. The summed E-state index contributed by atoms with van der Waals surface area (Å²) < 4.78 is 0.798. The zero-order chi connectivity index (χ0) is 12.3. The van der Waals surface area contributed by atoms with Crippen LogP contribution < -0.4 is 5.73 Å². The minimum atomic E-state index is -0.00965. The first-order valence-corrected chi connectivity index (χ1v) is 6.63. The van der Waals surface area contributed by atoms with E-state index in [1.165, 1.54) is 5.56 Å². The van der Waals surface area contributed by atoms with Crippen LogP contribution in [-0.2, 0) is 0 Å². The van der Waals surface area contributed by atoms with E-state index in [1.54, 1.807) is 11.3 Å². The molecule has 0 aliphatic rings. The minimum absolute atomic E-state index is 0.00965. The van der Waals surface area contributed by atoms with Gasteiger partial charge in [-0.25, -0.2) is 0 Å². The Morgan fingerprint density at radius 3 is 2.71 bits per heavy atom. The average molecular weight is 264 g/mol. The highest BCUT2D eigenvalue weighted by molar-refractivity contribution is 7.19. The molecule has 1 heterocycles. The van der Waals surface area contributed by atoms with Crippen LogP contribution in [0.5, 0.6) is 0 Å². The van der Waals surface area contributed by atoms with Crippen LogP contribution in [0.25, 0.3) is 10.4 Å². The molecule has 3 heteroatoms. The molecule has 17 heavy (non-hydrogen) atoms. The van der Waals surface area contributed by atoms with E-state index in [9.17, 15) is 0 Å². The van der Waals surface area contributed by atoms with Crippen LogP contribution >= 0.6 is 22.9 Å². The Labute approximate surface area is 111 Å². The van der Waals surface area contributed by atoms with Crippen molar-refractivity contribution in [2.24, 2.45) is 5.73 Å². The fourth-order valence-electron chi connectivity index (χ4n) is 1.81. The Balaban J connectivity index is 2.43. The van der Waals surface area contributed by atoms with E-state index in [2.05, 4.69) is 18.7 Å². The van der Waals surface area contributed by atoms with Gasteiger partial charge in [0.25, 0.3) is 0 Å². The number of rotatable bonds is 4. The van der Waals surface area contributed by atoms with Crippen LogP contribution in [0.1, 0.15) is 18.0 Å². The summed E-state index contributed by atoms with van der Waals surface area (Å²) in [5.41, 5.74) is 8.46. The van der Waals surface area contributed by atoms with Crippen molar-refractivity contribution in [1.29, 1.82) is 0 Å². The maximum absolute atomic E-state index is 6.15. The van der Waals surface area contributed by atoms with Crippen molar-refractivity contribution in [1.82, 2.24) is 0 Å². The lowest BCUT2D eigenvalue weighted by atomic mass is 9.98. The van der Waals surface area contributed by atoms with Crippen LogP contribution in [0.15, 0.2) is 49.1 Å². The van der Waals surface area contributed by atoms with Crippen LogP contribution in [0.2, 0.25) is 4.34 Å². The Morgan fingerprint density at radius 2 is 2.06 bits per heavy atom. The molecule has 1 aromatic carbocycles. The standard InChI is InChI=1S/C14H14ClNS/c1-2-5-12(16)10-6-3-4-7-11(10)13-8-9-14(15)17-13/h2-4,6-9,12H,1,5,16H2. The van der Waals surface area contributed by atoms with Crippen molar-refractivity contribution in [3.05, 3.63) is 59.0 Å². The van der Waals surface area contributed by atoms with Crippen molar-refractivity contribution in [2.45, 2.75) is 12.5 Å². The molecular formula is C14H14ClNS. The predicted octanol–water partition coefficient (Wildman–Crippen LogP) is 4.64. The van der Waals surface area contributed by atoms with Gasteiger partial charge in [-0.05, 0) is 29.7 Å². The van der Waals surface area contributed by atoms with Gasteiger partial charge in [0.2, 0.25) is 0 Å². The molecule has 2 N–H and O–H groups in total. The number of hydrogen-bond acceptors (Lipinski definition) is 2. The summed E-state index contributed by atoms with van der Waals surface area (Å²) >= 11 is 7.55. The topological polar surface area (TPSA) is 26.0 Å². The Morgan fingerprint density at radius 1 is 1.29 bits per heavy atom. The number of benzene rings is 1. The van der Waals surface area contributed by atoms with Crippen molar-refractivity contribution in [3.63, 3.8) is 0 Å². The number of halogens is 1. The summed E-state index contributed by atoms with van der Waals surface area (Å²) in [5, 5.41) is 0. The molecule has 2 rings (SSSR count). The smallest absolute Gasteiger partial charge is 0.0934 e. The second kappa shape index (κ2) is 5.50. The molecule has 1 unspecified atom stereocenters. The van der Waals surface area contributed by atoms with E-state index in [4.69, 9.17) is 17.3 Å². The van der Waals surface area contributed by atoms with Gasteiger partial charge in [0.1, 0.15) is 0 Å². The number of hydrogen-bond donors (Lipinski definition) is 1. The highest BCUT2D eigenvalue weighted by Gasteiger charge is 2.12. The van der Waals surface area contributed by atoms with E-state index >= 15 is 0 Å². The van der Waals surface area contributed by atoms with Crippen molar-refractivity contribution in [2.75, 3.05) is 0 Å². The molecule has 0 radical (unpaired) electrons. The molecule has 0 bridgehead atoms. The maximum atomic E-state index is 6.15. The summed E-state index contributed by atoms with van der Waals surface area (Å²) in [4.78, 5) is 1.16. The van der Waals surface area contributed by atoms with Gasteiger partial charge in [-0.1, -0.05) is 41.9 Å². The fraction of sp³-hybridized carbons (Fsp3) is 0.143. The average Bonchev–Trinajstić information content (AvgIpc) is 2.76. The molecule has 0 amide bonds. The van der Waals surface area contributed by atoms with Crippen molar-refractivity contribution < 1.29 is 0 Å². The van der Waals surface area contributed by atoms with Gasteiger partial charge in [0, 0.05) is 10.9 Å². The SMILES string of the molecule is C=CCC(N)c1ccccc1-c1ccc(Cl)s1. The lowest BCUT2D eigenvalue weighted by Gasteiger charge is -2.13. The molecule has 0 aliphatic heterocycles. The van der Waals surface area contributed by atoms with Crippen LogP contribution in [0, 0.1) is 0 Å². The molecular weight excluding hydrogens is 250 g/mol. The summed E-state index contributed by atoms with van der Waals surface area (Å²) in [6.45, 7) is 3.73. The normalized spacial score (nSPS) is 12.4. The van der Waals surface area contributed by atoms with Gasteiger partial charge in [0.15, 0.2) is 0 Å². The highest BCUT2D eigenvalue weighted by atomic mass is 35.5. The molecule has 0 aliphatic carbocycles. The number of thiophene rings is 1. The van der Waals surface area contributed by atoms with Crippen molar-refractivity contribution >= 4 is 22.9 Å². The monoisotopic (exact) mass is 263 g/mol. The van der Waals surface area contributed by atoms with Crippen LogP contribution in [0.3, 0.4) is 0 Å². The first kappa shape index (κ1) is 12.4. The van der Waals surface area contributed by atoms with Gasteiger partial charge in [-0.15, -0.1) is 17.9 Å². The molecule has 2 aromatic rings. The third-order valence-corrected chi connectivity index (χ3v) is 3.88. The van der Waals surface area contributed by atoms with Gasteiger partial charge in [0.05, 0.1) is 4.34 Å². The van der Waals surface area contributed by atoms with E-state index < -0.39 is 0 Å². The van der Waals surface area contributed by atoms with Gasteiger partial charge < -0.3 is 5.73 Å². The molecule has 1 atom stereocenters. The Bertz CT molecular complexity index is 518. The highest BCUT2D eigenvalue weighted by Crippen LogP contribution is 2.35. The van der Waals surface area contributed by atoms with Crippen molar-refractivity contribution in [3.8, 4) is 10.4 Å².